The number of hydrogen-bond donors (Lipinski definition) is 0. The van der Waals surface area contributed by atoms with Crippen molar-refractivity contribution in [2.75, 3.05) is 0 Å². The number of hydrogen-bond acceptors (Lipinski definition) is 2. The van der Waals surface area contributed by atoms with Crippen LogP contribution >= 0.6 is 0 Å². The summed E-state index contributed by atoms with van der Waals surface area (Å²) in [6.07, 6.45) is 0. The van der Waals surface area contributed by atoms with E-state index in [1.807, 2.05) is 0 Å². The zero-order valence-electron chi connectivity index (χ0n) is 1.98. The highest BCUT2D eigenvalue weighted by molar-refractivity contribution is 7.74. The Morgan fingerprint density at radius 3 is 2.00 bits per heavy atom. The summed E-state index contributed by atoms with van der Waals surface area (Å²) >= 11 is -3.24. The van der Waals surface area contributed by atoms with Crippen molar-refractivity contribution in [3.8, 4) is 0 Å². The third kappa shape index (κ3) is 3.97. The highest BCUT2D eigenvalue weighted by atomic mass is 32.2. The van der Waals surface area contributed by atoms with E-state index in [1.165, 1.54) is 0 Å². The normalized spacial score (nSPS) is 14.8. The molecule has 0 aromatic carbocycles. The first-order chi connectivity index (χ1) is 2.27. The SMILES string of the molecule is O=S(F)OF. The van der Waals surface area contributed by atoms with Crippen molar-refractivity contribution < 1.29 is 17.0 Å². The van der Waals surface area contributed by atoms with Crippen LogP contribution in [0.5, 0.6) is 0 Å². The van der Waals surface area contributed by atoms with Gasteiger partial charge in [-0.15, -0.1) is 3.89 Å². The van der Waals surface area contributed by atoms with Gasteiger partial charge in [0.25, 0.3) is 0 Å². The van der Waals surface area contributed by atoms with E-state index in [9.17, 15) is 8.41 Å². The topological polar surface area (TPSA) is 26.3 Å². The Balaban J connectivity index is 2.85. The molecule has 32 valence electrons. The molecular formula is F2O2S. The Morgan fingerprint density at radius 1 is 1.80 bits per heavy atom. The van der Waals surface area contributed by atoms with Crippen LogP contribution in [0.1, 0.15) is 0 Å². The van der Waals surface area contributed by atoms with Crippen LogP contribution in [0.4, 0.5) is 8.41 Å². The molecule has 0 aromatic heterocycles. The third-order valence-electron chi connectivity index (χ3n) is 0.0495. The second-order valence-electron chi connectivity index (χ2n) is 0.257. The van der Waals surface area contributed by atoms with Gasteiger partial charge in [0, 0.05) is 0 Å². The molecule has 1 unspecified atom stereocenters. The zero-order valence-corrected chi connectivity index (χ0v) is 2.80. The molecule has 0 radical (unpaired) electrons. The van der Waals surface area contributed by atoms with Gasteiger partial charge in [-0.1, -0.05) is 4.39 Å². The summed E-state index contributed by atoms with van der Waals surface area (Å²) in [5.74, 6) is 0. The van der Waals surface area contributed by atoms with Crippen molar-refractivity contribution in [3.05, 3.63) is 0 Å². The van der Waals surface area contributed by atoms with E-state index in [1.54, 1.807) is 0 Å². The van der Waals surface area contributed by atoms with Gasteiger partial charge in [-0.3, -0.25) is 0 Å². The molecule has 0 bridgehead atoms. The standard InChI is InChI=1S/F2O2S/c1-4-5(2)3. The van der Waals surface area contributed by atoms with E-state index in [4.69, 9.17) is 4.21 Å². The van der Waals surface area contributed by atoms with Gasteiger partial charge in [-0.2, -0.15) is 4.21 Å². The quantitative estimate of drug-likeness (QED) is 0.449. The molecule has 1 atom stereocenters. The van der Waals surface area contributed by atoms with Gasteiger partial charge in [0.05, 0.1) is 0 Å². The number of halogens is 2. The van der Waals surface area contributed by atoms with Gasteiger partial charge in [-0.05, 0) is 4.53 Å². The molecule has 0 aromatic rings. The van der Waals surface area contributed by atoms with Crippen molar-refractivity contribution in [1.29, 1.82) is 0 Å². The van der Waals surface area contributed by atoms with Crippen LogP contribution < -0.4 is 0 Å². The Kier molecular flexibility index (Phi) is 2.21. The highest BCUT2D eigenvalue weighted by Gasteiger charge is 1.86. The first-order valence-electron chi connectivity index (χ1n) is 0.642. The van der Waals surface area contributed by atoms with E-state index < -0.39 is 11.5 Å². The molecule has 0 saturated heterocycles. The van der Waals surface area contributed by atoms with Gasteiger partial charge < -0.3 is 0 Å². The summed E-state index contributed by atoms with van der Waals surface area (Å²) < 4.78 is 31.0. The molecule has 5 heavy (non-hydrogen) atoms. The van der Waals surface area contributed by atoms with E-state index in [-0.39, 0.29) is 0 Å². The molecule has 0 amide bonds. The minimum atomic E-state index is -3.24. The summed E-state index contributed by atoms with van der Waals surface area (Å²) in [6, 6.07) is 0. The van der Waals surface area contributed by atoms with Crippen LogP contribution in [-0.2, 0) is 15.9 Å². The second-order valence-corrected chi connectivity index (χ2v) is 0.771. The molecule has 2 nitrogen and oxygen atoms in total. The maximum Gasteiger partial charge on any atom is 0.378 e. The largest absolute Gasteiger partial charge is 0.378 e. The molecule has 5 heteroatoms. The van der Waals surface area contributed by atoms with E-state index in [0.717, 1.165) is 0 Å². The fourth-order valence-electron chi connectivity index (χ4n) is 0. The molecule has 0 rings (SSSR count). The summed E-state index contributed by atoms with van der Waals surface area (Å²) in [6.45, 7) is 0. The van der Waals surface area contributed by atoms with Gasteiger partial charge in [0.15, 0.2) is 0 Å². The molecule has 0 heterocycles. The molecule has 0 spiro atoms. The Bertz CT molecular complexity index is 42.9. The van der Waals surface area contributed by atoms with Crippen molar-refractivity contribution in [3.63, 3.8) is 0 Å². The second kappa shape index (κ2) is 2.22. The predicted octanol–water partition coefficient (Wildman–Crippen LogP) is 0.436. The number of rotatable bonds is 1. The van der Waals surface area contributed by atoms with Gasteiger partial charge in [0.2, 0.25) is 0 Å². The highest BCUT2D eigenvalue weighted by Crippen LogP contribution is 1.81. The Morgan fingerprint density at radius 2 is 2.00 bits per heavy atom. The fourth-order valence-corrected chi connectivity index (χ4v) is 0. The molecule has 0 saturated carbocycles. The van der Waals surface area contributed by atoms with Crippen LogP contribution in [0.2, 0.25) is 0 Å². The first kappa shape index (κ1) is 4.97. The summed E-state index contributed by atoms with van der Waals surface area (Å²) in [5, 5.41) is 0. The van der Waals surface area contributed by atoms with Crippen molar-refractivity contribution in [2.24, 2.45) is 0 Å². The Hall–Kier alpha value is -0.0300. The third-order valence-corrected chi connectivity index (χ3v) is 0.149. The average Bonchev–Trinajstić information content (AvgIpc) is 1.38. The molecule has 0 N–H and O–H groups in total. The van der Waals surface area contributed by atoms with Crippen LogP contribution in [0.15, 0.2) is 0 Å². The lowest BCUT2D eigenvalue weighted by molar-refractivity contribution is 0.00582. The Labute approximate surface area is 29.6 Å². The van der Waals surface area contributed by atoms with Crippen molar-refractivity contribution >= 4 is 11.5 Å². The lowest BCUT2D eigenvalue weighted by Crippen LogP contribution is -1.70. The smallest absolute Gasteiger partial charge is 0.190 e. The van der Waals surface area contributed by atoms with Crippen LogP contribution in [0, 0.1) is 0 Å². The molecule has 0 fully saturated rings. The average molecular weight is 102 g/mol. The first-order valence-corrected chi connectivity index (χ1v) is 1.62. The van der Waals surface area contributed by atoms with Gasteiger partial charge in [0.1, 0.15) is 0 Å². The van der Waals surface area contributed by atoms with Crippen LogP contribution in [0.3, 0.4) is 0 Å². The van der Waals surface area contributed by atoms with Gasteiger partial charge >= 0.3 is 11.5 Å². The van der Waals surface area contributed by atoms with Crippen molar-refractivity contribution in [2.45, 2.75) is 0 Å². The van der Waals surface area contributed by atoms with E-state index >= 15 is 0 Å². The lowest BCUT2D eigenvalue weighted by Gasteiger charge is -1.64. The molecule has 0 aliphatic rings. The van der Waals surface area contributed by atoms with Crippen molar-refractivity contribution in [1.82, 2.24) is 0 Å². The van der Waals surface area contributed by atoms with E-state index in [0.29, 0.717) is 0 Å². The summed E-state index contributed by atoms with van der Waals surface area (Å²) in [4.78, 5) is 0. The van der Waals surface area contributed by atoms with E-state index in [2.05, 4.69) is 4.39 Å². The van der Waals surface area contributed by atoms with Crippen LogP contribution in [-0.4, -0.2) is 4.21 Å². The zero-order chi connectivity index (χ0) is 4.28. The maximum absolute atomic E-state index is 10.3. The minimum absolute atomic E-state index is 2.06. The molecular weight excluding hydrogens is 102 g/mol. The molecule has 0 aliphatic carbocycles. The monoisotopic (exact) mass is 102 g/mol. The maximum atomic E-state index is 10.3. The minimum Gasteiger partial charge on any atom is -0.190 e. The fraction of sp³-hybridized carbons (Fsp3) is 0. The summed E-state index contributed by atoms with van der Waals surface area (Å²) in [5.41, 5.74) is 0. The van der Waals surface area contributed by atoms with Crippen LogP contribution in [0.25, 0.3) is 0 Å². The predicted molar refractivity (Wildman–Crippen MR) is 11.4 cm³/mol. The summed E-state index contributed by atoms with van der Waals surface area (Å²) in [7, 11) is 0. The van der Waals surface area contributed by atoms with Gasteiger partial charge in [-0.25, -0.2) is 0 Å². The molecule has 0 aliphatic heterocycles. The lowest BCUT2D eigenvalue weighted by atomic mass is 15.6.